The van der Waals surface area contributed by atoms with Gasteiger partial charge >= 0.3 is 0 Å². The van der Waals surface area contributed by atoms with Crippen LogP contribution >= 0.6 is 11.6 Å². The van der Waals surface area contributed by atoms with Crippen LogP contribution in [-0.4, -0.2) is 29.1 Å². The van der Waals surface area contributed by atoms with E-state index in [1.165, 1.54) is 7.11 Å². The molecular formula is C19H21ClN2O3. The number of hydrogen-bond acceptors (Lipinski definition) is 4. The summed E-state index contributed by atoms with van der Waals surface area (Å²) in [7, 11) is 1.47. The maximum Gasteiger partial charge on any atom is 0.258 e. The fourth-order valence-electron chi connectivity index (χ4n) is 3.07. The summed E-state index contributed by atoms with van der Waals surface area (Å²) in [4.78, 5) is 14.9. The van der Waals surface area contributed by atoms with E-state index in [1.54, 1.807) is 12.1 Å². The topological polar surface area (TPSA) is 61.8 Å². The number of carbonyl (C=O) groups is 1. The Morgan fingerprint density at radius 2 is 2.08 bits per heavy atom. The summed E-state index contributed by atoms with van der Waals surface area (Å²) in [5, 5.41) is 13.6. The van der Waals surface area contributed by atoms with E-state index >= 15 is 0 Å². The zero-order chi connectivity index (χ0) is 18.1. The number of methoxy groups -OCH3 is 1. The molecule has 0 spiro atoms. The van der Waals surface area contributed by atoms with Crippen LogP contribution in [0.5, 0.6) is 11.5 Å². The average Bonchev–Trinajstić information content (AvgIpc) is 2.63. The minimum Gasteiger partial charge on any atom is -0.503 e. The number of amides is 1. The van der Waals surface area contributed by atoms with Crippen molar-refractivity contribution in [1.29, 1.82) is 0 Å². The van der Waals surface area contributed by atoms with E-state index in [9.17, 15) is 9.90 Å². The minimum absolute atomic E-state index is 0.0249. The van der Waals surface area contributed by atoms with Gasteiger partial charge in [-0.25, -0.2) is 0 Å². The van der Waals surface area contributed by atoms with Gasteiger partial charge in [0.25, 0.3) is 5.91 Å². The largest absolute Gasteiger partial charge is 0.503 e. The maximum absolute atomic E-state index is 13.1. The molecule has 0 radical (unpaired) electrons. The lowest BCUT2D eigenvalue weighted by atomic mass is 10.0. The van der Waals surface area contributed by atoms with Gasteiger partial charge in [-0.3, -0.25) is 4.79 Å². The Morgan fingerprint density at radius 1 is 1.36 bits per heavy atom. The second-order valence-electron chi connectivity index (χ2n) is 6.12. The second kappa shape index (κ2) is 6.84. The van der Waals surface area contributed by atoms with Crippen molar-refractivity contribution < 1.29 is 14.6 Å². The van der Waals surface area contributed by atoms with Crippen molar-refractivity contribution in [3.63, 3.8) is 0 Å². The molecule has 3 rings (SSSR count). The molecule has 0 saturated heterocycles. The Balaban J connectivity index is 2.13. The molecule has 1 aliphatic rings. The van der Waals surface area contributed by atoms with Crippen molar-refractivity contribution in [3.05, 3.63) is 52.5 Å². The molecule has 2 atom stereocenters. The molecule has 0 aliphatic carbocycles. The number of anilines is 1. The third-order valence-electron chi connectivity index (χ3n) is 4.61. The third kappa shape index (κ3) is 3.00. The standard InChI is InChI=1S/C19H21ClN2O3/c1-4-11(2)22-18(12-9-14(20)17(23)16(10-12)25-3)21-15-8-6-5-7-13(15)19(22)24/h5-11,18,21,23H,4H2,1-3H3/t11-,18-/m1/s1. The highest BCUT2D eigenvalue weighted by Gasteiger charge is 2.35. The van der Waals surface area contributed by atoms with Gasteiger partial charge in [0, 0.05) is 17.3 Å². The van der Waals surface area contributed by atoms with Gasteiger partial charge < -0.3 is 20.1 Å². The van der Waals surface area contributed by atoms with E-state index in [2.05, 4.69) is 5.32 Å². The van der Waals surface area contributed by atoms with Crippen LogP contribution in [0, 0.1) is 0 Å². The van der Waals surface area contributed by atoms with E-state index in [-0.39, 0.29) is 28.5 Å². The van der Waals surface area contributed by atoms with Crippen LogP contribution < -0.4 is 10.1 Å². The predicted molar refractivity (Wildman–Crippen MR) is 98.4 cm³/mol. The quantitative estimate of drug-likeness (QED) is 0.847. The zero-order valence-electron chi connectivity index (χ0n) is 14.4. The van der Waals surface area contributed by atoms with Crippen LogP contribution in [0.1, 0.15) is 42.4 Å². The van der Waals surface area contributed by atoms with Gasteiger partial charge in [-0.1, -0.05) is 30.7 Å². The number of nitrogens with one attached hydrogen (secondary N) is 1. The normalized spacial score (nSPS) is 17.7. The van der Waals surface area contributed by atoms with Gasteiger partial charge in [0.1, 0.15) is 6.17 Å². The zero-order valence-corrected chi connectivity index (χ0v) is 15.2. The summed E-state index contributed by atoms with van der Waals surface area (Å²) in [5.74, 6) is 0.141. The van der Waals surface area contributed by atoms with E-state index in [4.69, 9.17) is 16.3 Å². The SMILES string of the molecule is CC[C@@H](C)N1C(=O)c2ccccc2N[C@H]1c1cc(Cl)c(O)c(OC)c1. The fourth-order valence-corrected chi connectivity index (χ4v) is 3.29. The molecule has 1 aliphatic heterocycles. The van der Waals surface area contributed by atoms with Gasteiger partial charge in [0.05, 0.1) is 17.7 Å². The molecule has 0 bridgehead atoms. The average molecular weight is 361 g/mol. The van der Waals surface area contributed by atoms with E-state index in [0.717, 1.165) is 17.7 Å². The molecule has 25 heavy (non-hydrogen) atoms. The van der Waals surface area contributed by atoms with Crippen LogP contribution in [0.25, 0.3) is 0 Å². The van der Waals surface area contributed by atoms with Gasteiger partial charge in [-0.15, -0.1) is 0 Å². The number of phenols is 1. The van der Waals surface area contributed by atoms with E-state index < -0.39 is 6.17 Å². The smallest absolute Gasteiger partial charge is 0.258 e. The summed E-state index contributed by atoms with van der Waals surface area (Å²) >= 11 is 6.15. The molecule has 5 nitrogen and oxygen atoms in total. The molecule has 6 heteroatoms. The molecule has 1 heterocycles. The molecule has 2 aromatic rings. The highest BCUT2D eigenvalue weighted by molar-refractivity contribution is 6.32. The Kier molecular flexibility index (Phi) is 4.77. The summed E-state index contributed by atoms with van der Waals surface area (Å²) in [6.07, 6.45) is 0.416. The van der Waals surface area contributed by atoms with Crippen LogP contribution in [0.15, 0.2) is 36.4 Å². The number of para-hydroxylation sites is 1. The number of aromatic hydroxyl groups is 1. The number of nitrogens with zero attached hydrogens (tertiary/aromatic N) is 1. The Hall–Kier alpha value is -2.40. The molecule has 0 unspecified atom stereocenters. The molecule has 0 aromatic heterocycles. The maximum atomic E-state index is 13.1. The number of halogens is 1. The van der Waals surface area contributed by atoms with Gasteiger partial charge in [0.2, 0.25) is 0 Å². The van der Waals surface area contributed by atoms with Crippen LogP contribution in [0.3, 0.4) is 0 Å². The first-order valence-electron chi connectivity index (χ1n) is 8.22. The van der Waals surface area contributed by atoms with Crippen molar-refractivity contribution >= 4 is 23.2 Å². The highest BCUT2D eigenvalue weighted by Crippen LogP contribution is 2.41. The molecule has 1 amide bonds. The number of fused-ring (bicyclic) bond motifs is 1. The highest BCUT2D eigenvalue weighted by atomic mass is 35.5. The number of rotatable bonds is 4. The molecule has 0 saturated carbocycles. The Morgan fingerprint density at radius 3 is 2.76 bits per heavy atom. The molecule has 132 valence electrons. The van der Waals surface area contributed by atoms with Crippen molar-refractivity contribution in [1.82, 2.24) is 4.90 Å². The van der Waals surface area contributed by atoms with Crippen LogP contribution in [-0.2, 0) is 0 Å². The lowest BCUT2D eigenvalue weighted by Gasteiger charge is -2.41. The number of ether oxygens (including phenoxy) is 1. The second-order valence-corrected chi connectivity index (χ2v) is 6.52. The van der Waals surface area contributed by atoms with Gasteiger partial charge in [0.15, 0.2) is 11.5 Å². The first-order valence-corrected chi connectivity index (χ1v) is 8.60. The Bertz CT molecular complexity index is 809. The van der Waals surface area contributed by atoms with E-state index in [0.29, 0.717) is 5.56 Å². The van der Waals surface area contributed by atoms with Crippen molar-refractivity contribution in [2.75, 3.05) is 12.4 Å². The first kappa shape index (κ1) is 17.4. The summed E-state index contributed by atoms with van der Waals surface area (Å²) < 4.78 is 5.21. The molecular weight excluding hydrogens is 340 g/mol. The minimum atomic E-state index is -0.399. The van der Waals surface area contributed by atoms with Gasteiger partial charge in [-0.2, -0.15) is 0 Å². The number of benzene rings is 2. The summed E-state index contributed by atoms with van der Waals surface area (Å²) in [5.41, 5.74) is 2.18. The van der Waals surface area contributed by atoms with Crippen LogP contribution in [0.2, 0.25) is 5.02 Å². The van der Waals surface area contributed by atoms with Crippen LogP contribution in [0.4, 0.5) is 5.69 Å². The molecule has 2 aromatic carbocycles. The third-order valence-corrected chi connectivity index (χ3v) is 4.90. The van der Waals surface area contributed by atoms with Gasteiger partial charge in [-0.05, 0) is 37.6 Å². The van der Waals surface area contributed by atoms with Crippen molar-refractivity contribution in [2.24, 2.45) is 0 Å². The van der Waals surface area contributed by atoms with Crippen molar-refractivity contribution in [3.8, 4) is 11.5 Å². The predicted octanol–water partition coefficient (Wildman–Crippen LogP) is 4.42. The van der Waals surface area contributed by atoms with Crippen molar-refractivity contribution in [2.45, 2.75) is 32.5 Å². The lowest BCUT2D eigenvalue weighted by Crippen LogP contribution is -2.47. The first-order chi connectivity index (χ1) is 12.0. The van der Waals surface area contributed by atoms with E-state index in [1.807, 2.05) is 43.0 Å². The molecule has 2 N–H and O–H groups in total. The summed E-state index contributed by atoms with van der Waals surface area (Å²) in [6, 6.07) is 10.8. The number of hydrogen-bond donors (Lipinski definition) is 2. The Labute approximate surface area is 152 Å². The summed E-state index contributed by atoms with van der Waals surface area (Å²) in [6.45, 7) is 4.06. The number of phenolic OH excluding ortho intramolecular Hbond substituents is 1. The lowest BCUT2D eigenvalue weighted by molar-refractivity contribution is 0.0593. The fraction of sp³-hybridized carbons (Fsp3) is 0.316. The monoisotopic (exact) mass is 360 g/mol. The number of carbonyl (C=O) groups excluding carboxylic acids is 1. The molecule has 0 fully saturated rings.